The molecule has 0 aromatic heterocycles. The molecule has 80 valence electrons. The summed E-state index contributed by atoms with van der Waals surface area (Å²) in [6, 6.07) is 0. The maximum absolute atomic E-state index is 11.0. The lowest BCUT2D eigenvalue weighted by molar-refractivity contribution is -0.139. The number of unbranched alkanes of at least 4 members (excludes halogenated alkanes) is 1. The largest absolute Gasteiger partial charge is 0.483 e. The molecule has 0 N–H and O–H groups in total. The highest BCUT2D eigenvalue weighted by atomic mass is 16.6. The topological polar surface area (TPSA) is 35.5 Å². The second-order valence-corrected chi connectivity index (χ2v) is 2.72. The van der Waals surface area contributed by atoms with Gasteiger partial charge in [0.25, 0.3) is 0 Å². The molecule has 3 heteroatoms. The summed E-state index contributed by atoms with van der Waals surface area (Å²) >= 11 is 0. The maximum atomic E-state index is 11.0. The Hall–Kier alpha value is -1.25. The molecule has 0 aromatic carbocycles. The highest BCUT2D eigenvalue weighted by molar-refractivity contribution is 5.85. The number of allylic oxidation sites excluding steroid dienone is 2. The molecule has 0 heterocycles. The Morgan fingerprint density at radius 2 is 2.07 bits per heavy atom. The minimum atomic E-state index is -0.434. The van der Waals surface area contributed by atoms with E-state index in [1.165, 1.54) is 7.11 Å². The van der Waals surface area contributed by atoms with E-state index < -0.39 is 5.97 Å². The quantitative estimate of drug-likeness (QED) is 0.284. The number of hydrogen-bond donors (Lipinski definition) is 0. The smallest absolute Gasteiger partial charge is 0.372 e. The van der Waals surface area contributed by atoms with Crippen LogP contribution in [0.5, 0.6) is 0 Å². The molecule has 0 unspecified atom stereocenters. The zero-order chi connectivity index (χ0) is 10.8. The standard InChI is InChI=1S/C11H18O3/c1-4-6-7-8-9-14-10(5-2)11(12)13-3/h5,7-8H,4,6,9H2,1-3H3/b8-7+,10-5-. The Morgan fingerprint density at radius 3 is 2.57 bits per heavy atom. The Balaban J connectivity index is 3.81. The molecule has 0 fully saturated rings. The summed E-state index contributed by atoms with van der Waals surface area (Å²) in [5.41, 5.74) is 0. The van der Waals surface area contributed by atoms with Gasteiger partial charge in [0.15, 0.2) is 0 Å². The third kappa shape index (κ3) is 5.41. The van der Waals surface area contributed by atoms with Crippen molar-refractivity contribution in [2.24, 2.45) is 0 Å². The molecule has 0 aromatic rings. The lowest BCUT2D eigenvalue weighted by atomic mass is 10.3. The van der Waals surface area contributed by atoms with Crippen LogP contribution in [0.4, 0.5) is 0 Å². The van der Waals surface area contributed by atoms with E-state index in [4.69, 9.17) is 4.74 Å². The summed E-state index contributed by atoms with van der Waals surface area (Å²) in [6.07, 6.45) is 7.68. The average molecular weight is 198 g/mol. The molecule has 0 aliphatic heterocycles. The van der Waals surface area contributed by atoms with Crippen LogP contribution < -0.4 is 0 Å². The van der Waals surface area contributed by atoms with E-state index >= 15 is 0 Å². The maximum Gasteiger partial charge on any atom is 0.372 e. The van der Waals surface area contributed by atoms with Crippen molar-refractivity contribution in [2.45, 2.75) is 26.7 Å². The van der Waals surface area contributed by atoms with Gasteiger partial charge in [-0.1, -0.05) is 25.5 Å². The zero-order valence-electron chi connectivity index (χ0n) is 9.08. The Bertz CT molecular complexity index is 217. The highest BCUT2D eigenvalue weighted by Gasteiger charge is 2.07. The molecular weight excluding hydrogens is 180 g/mol. The third-order valence-electron chi connectivity index (χ3n) is 1.61. The van der Waals surface area contributed by atoms with Crippen molar-refractivity contribution in [3.63, 3.8) is 0 Å². The summed E-state index contributed by atoms with van der Waals surface area (Å²) in [5, 5.41) is 0. The van der Waals surface area contributed by atoms with Crippen molar-refractivity contribution < 1.29 is 14.3 Å². The number of carbonyl (C=O) groups excluding carboxylic acids is 1. The molecule has 0 bridgehead atoms. The van der Waals surface area contributed by atoms with E-state index in [2.05, 4.69) is 11.7 Å². The summed E-state index contributed by atoms with van der Waals surface area (Å²) in [6.45, 7) is 4.26. The highest BCUT2D eigenvalue weighted by Crippen LogP contribution is 2.00. The second kappa shape index (κ2) is 8.35. The van der Waals surface area contributed by atoms with Crippen molar-refractivity contribution >= 4 is 5.97 Å². The first kappa shape index (κ1) is 12.8. The van der Waals surface area contributed by atoms with E-state index in [1.807, 2.05) is 12.2 Å². The van der Waals surface area contributed by atoms with Gasteiger partial charge in [-0.05, 0) is 19.4 Å². The molecule has 0 aliphatic carbocycles. The molecule has 3 nitrogen and oxygen atoms in total. The number of ether oxygens (including phenoxy) is 2. The number of carbonyl (C=O) groups is 1. The average Bonchev–Trinajstić information content (AvgIpc) is 2.22. The predicted molar refractivity (Wildman–Crippen MR) is 55.8 cm³/mol. The van der Waals surface area contributed by atoms with Crippen LogP contribution in [0, 0.1) is 0 Å². The molecule has 0 atom stereocenters. The minimum absolute atomic E-state index is 0.258. The predicted octanol–water partition coefficient (Wildman–Crippen LogP) is 2.44. The van der Waals surface area contributed by atoms with Crippen molar-refractivity contribution in [3.8, 4) is 0 Å². The monoisotopic (exact) mass is 198 g/mol. The van der Waals surface area contributed by atoms with Crippen LogP contribution in [-0.4, -0.2) is 19.7 Å². The lowest BCUT2D eigenvalue weighted by Gasteiger charge is -2.04. The molecule has 0 rings (SSSR count). The Morgan fingerprint density at radius 1 is 1.36 bits per heavy atom. The van der Waals surface area contributed by atoms with Crippen LogP contribution in [0.15, 0.2) is 24.0 Å². The van der Waals surface area contributed by atoms with Crippen LogP contribution in [-0.2, 0) is 14.3 Å². The van der Waals surface area contributed by atoms with Gasteiger partial charge in [0, 0.05) is 0 Å². The first-order valence-electron chi connectivity index (χ1n) is 4.78. The molecule has 0 aliphatic rings. The first-order chi connectivity index (χ1) is 6.76. The Labute approximate surface area is 85.4 Å². The normalized spacial score (nSPS) is 11.8. The fourth-order valence-corrected chi connectivity index (χ4v) is 0.851. The number of rotatable bonds is 6. The molecule has 0 saturated heterocycles. The van der Waals surface area contributed by atoms with Crippen molar-refractivity contribution in [3.05, 3.63) is 24.0 Å². The first-order valence-corrected chi connectivity index (χ1v) is 4.78. The second-order valence-electron chi connectivity index (χ2n) is 2.72. The van der Waals surface area contributed by atoms with E-state index in [1.54, 1.807) is 13.0 Å². The summed E-state index contributed by atoms with van der Waals surface area (Å²) in [7, 11) is 1.34. The van der Waals surface area contributed by atoms with Crippen LogP contribution in [0.3, 0.4) is 0 Å². The number of methoxy groups -OCH3 is 1. The van der Waals surface area contributed by atoms with Crippen LogP contribution in [0.25, 0.3) is 0 Å². The fourth-order valence-electron chi connectivity index (χ4n) is 0.851. The van der Waals surface area contributed by atoms with Gasteiger partial charge in [-0.25, -0.2) is 4.79 Å². The molecular formula is C11H18O3. The third-order valence-corrected chi connectivity index (χ3v) is 1.61. The van der Waals surface area contributed by atoms with E-state index in [0.717, 1.165) is 12.8 Å². The zero-order valence-corrected chi connectivity index (χ0v) is 9.08. The minimum Gasteiger partial charge on any atom is -0.483 e. The number of hydrogen-bond acceptors (Lipinski definition) is 3. The summed E-state index contributed by atoms with van der Waals surface area (Å²) in [5.74, 6) is -0.176. The van der Waals surface area contributed by atoms with Gasteiger partial charge in [-0.2, -0.15) is 0 Å². The van der Waals surface area contributed by atoms with Crippen molar-refractivity contribution in [2.75, 3.05) is 13.7 Å². The molecule has 0 saturated carbocycles. The van der Waals surface area contributed by atoms with Crippen LogP contribution >= 0.6 is 0 Å². The van der Waals surface area contributed by atoms with Gasteiger partial charge < -0.3 is 9.47 Å². The van der Waals surface area contributed by atoms with Gasteiger partial charge in [-0.15, -0.1) is 0 Å². The van der Waals surface area contributed by atoms with E-state index in [0.29, 0.717) is 6.61 Å². The van der Waals surface area contributed by atoms with Gasteiger partial charge >= 0.3 is 5.97 Å². The molecule has 0 spiro atoms. The summed E-state index contributed by atoms with van der Waals surface area (Å²) < 4.78 is 9.72. The van der Waals surface area contributed by atoms with Gasteiger partial charge in [0.2, 0.25) is 5.76 Å². The van der Waals surface area contributed by atoms with E-state index in [9.17, 15) is 4.79 Å². The number of esters is 1. The fraction of sp³-hybridized carbons (Fsp3) is 0.545. The Kier molecular flexibility index (Phi) is 7.61. The van der Waals surface area contributed by atoms with Crippen molar-refractivity contribution in [1.29, 1.82) is 0 Å². The van der Waals surface area contributed by atoms with Gasteiger partial charge in [-0.3, -0.25) is 0 Å². The van der Waals surface area contributed by atoms with E-state index in [-0.39, 0.29) is 5.76 Å². The van der Waals surface area contributed by atoms with Gasteiger partial charge in [0.05, 0.1) is 7.11 Å². The molecule has 0 radical (unpaired) electrons. The molecule has 0 amide bonds. The van der Waals surface area contributed by atoms with Crippen molar-refractivity contribution in [1.82, 2.24) is 0 Å². The van der Waals surface area contributed by atoms with Gasteiger partial charge in [0.1, 0.15) is 6.61 Å². The van der Waals surface area contributed by atoms with Crippen LogP contribution in [0.2, 0.25) is 0 Å². The SMILES string of the molecule is C/C=C(\OC/C=C/CCC)C(=O)OC. The molecule has 14 heavy (non-hydrogen) atoms. The summed E-state index contributed by atoms with van der Waals surface area (Å²) in [4.78, 5) is 11.0. The van der Waals surface area contributed by atoms with Crippen LogP contribution in [0.1, 0.15) is 26.7 Å². The lowest BCUT2D eigenvalue weighted by Crippen LogP contribution is -2.08.